The van der Waals surface area contributed by atoms with Crippen LogP contribution in [0.1, 0.15) is 12.8 Å². The van der Waals surface area contributed by atoms with Crippen LogP contribution in [0.3, 0.4) is 0 Å². The first-order chi connectivity index (χ1) is 9.40. The molecule has 3 fully saturated rings. The largest absolute Gasteiger partial charge is 0.379 e. The van der Waals surface area contributed by atoms with Gasteiger partial charge in [0, 0.05) is 26.2 Å². The second-order valence-corrected chi connectivity index (χ2v) is 6.84. The van der Waals surface area contributed by atoms with Crippen molar-refractivity contribution in [2.24, 2.45) is 23.7 Å². The molecule has 0 aromatic heterocycles. The molecule has 2 bridgehead atoms. The lowest BCUT2D eigenvalue weighted by atomic mass is 9.86. The number of ether oxygens (including phenoxy) is 1. The van der Waals surface area contributed by atoms with Crippen LogP contribution in [-0.2, 0) is 4.74 Å². The third-order valence-electron chi connectivity index (χ3n) is 5.79. The fraction of sp³-hybridized carbons (Fsp3) is 0.875. The van der Waals surface area contributed by atoms with E-state index in [-0.39, 0.29) is 0 Å². The van der Waals surface area contributed by atoms with Crippen LogP contribution in [0.25, 0.3) is 0 Å². The molecular formula is C16H26N2O. The van der Waals surface area contributed by atoms with Crippen LogP contribution in [0.5, 0.6) is 0 Å². The van der Waals surface area contributed by atoms with E-state index in [1.165, 1.54) is 39.0 Å². The summed E-state index contributed by atoms with van der Waals surface area (Å²) < 4.78 is 5.40. The number of hydrogen-bond donors (Lipinski definition) is 0. The summed E-state index contributed by atoms with van der Waals surface area (Å²) in [5.41, 5.74) is 0. The van der Waals surface area contributed by atoms with Crippen molar-refractivity contribution in [2.75, 3.05) is 52.5 Å². The molecule has 2 aliphatic carbocycles. The Bertz CT molecular complexity index is 331. The van der Waals surface area contributed by atoms with Gasteiger partial charge >= 0.3 is 0 Å². The fourth-order valence-corrected chi connectivity index (χ4v) is 4.76. The molecule has 0 amide bonds. The Labute approximate surface area is 116 Å². The molecule has 0 radical (unpaired) electrons. The van der Waals surface area contributed by atoms with Gasteiger partial charge in [-0.3, -0.25) is 4.90 Å². The van der Waals surface area contributed by atoms with Gasteiger partial charge in [-0.25, -0.2) is 0 Å². The second-order valence-electron chi connectivity index (χ2n) is 6.84. The number of allylic oxidation sites excluding steroid dienone is 2. The summed E-state index contributed by atoms with van der Waals surface area (Å²) in [5, 5.41) is 0. The number of likely N-dealkylation sites (tertiary alicyclic amines) is 1. The molecule has 4 aliphatic rings. The van der Waals surface area contributed by atoms with E-state index in [1.54, 1.807) is 0 Å². The summed E-state index contributed by atoms with van der Waals surface area (Å²) in [6.45, 7) is 9.47. The Hall–Kier alpha value is -0.380. The highest BCUT2D eigenvalue weighted by Gasteiger charge is 2.48. The van der Waals surface area contributed by atoms with Crippen molar-refractivity contribution in [2.45, 2.75) is 12.8 Å². The SMILES string of the molecule is C1=C[C@H]2C[C@@H]1[C@H]1CN(CCCN3CCOCC3)C[C@H]12. The number of hydrogen-bond acceptors (Lipinski definition) is 3. The van der Waals surface area contributed by atoms with Gasteiger partial charge in [-0.2, -0.15) is 0 Å². The van der Waals surface area contributed by atoms with E-state index in [0.717, 1.165) is 50.0 Å². The zero-order valence-corrected chi connectivity index (χ0v) is 11.8. The van der Waals surface area contributed by atoms with Crippen LogP contribution in [0.4, 0.5) is 0 Å². The molecule has 0 N–H and O–H groups in total. The van der Waals surface area contributed by atoms with E-state index < -0.39 is 0 Å². The molecule has 106 valence electrons. The molecule has 0 aromatic carbocycles. The highest BCUT2D eigenvalue weighted by molar-refractivity contribution is 5.16. The minimum absolute atomic E-state index is 0.930. The highest BCUT2D eigenvalue weighted by Crippen LogP contribution is 2.51. The molecule has 4 rings (SSSR count). The summed E-state index contributed by atoms with van der Waals surface area (Å²) in [7, 11) is 0. The second kappa shape index (κ2) is 5.19. The van der Waals surface area contributed by atoms with Gasteiger partial charge in [-0.1, -0.05) is 12.2 Å². The van der Waals surface area contributed by atoms with Gasteiger partial charge in [0.15, 0.2) is 0 Å². The van der Waals surface area contributed by atoms with E-state index in [2.05, 4.69) is 22.0 Å². The van der Waals surface area contributed by atoms with E-state index in [0.29, 0.717) is 0 Å². The topological polar surface area (TPSA) is 15.7 Å². The van der Waals surface area contributed by atoms with Crippen LogP contribution < -0.4 is 0 Å². The smallest absolute Gasteiger partial charge is 0.0594 e. The van der Waals surface area contributed by atoms with Crippen molar-refractivity contribution < 1.29 is 4.74 Å². The molecule has 2 saturated heterocycles. The molecule has 1 saturated carbocycles. The van der Waals surface area contributed by atoms with Crippen LogP contribution in [0, 0.1) is 23.7 Å². The maximum atomic E-state index is 5.40. The maximum Gasteiger partial charge on any atom is 0.0594 e. The first kappa shape index (κ1) is 12.4. The summed E-state index contributed by atoms with van der Waals surface area (Å²) in [4.78, 5) is 5.30. The van der Waals surface area contributed by atoms with Gasteiger partial charge in [0.1, 0.15) is 0 Å². The molecule has 2 aliphatic heterocycles. The lowest BCUT2D eigenvalue weighted by Gasteiger charge is -2.27. The molecule has 19 heavy (non-hydrogen) atoms. The standard InChI is InChI=1S/C16H26N2O/c1(4-17-6-8-19-9-7-17)5-18-11-15-13-2-3-14(10-13)16(15)12-18/h2-3,13-16H,1,4-12H2/t13-,14+,15-,16+. The summed E-state index contributed by atoms with van der Waals surface area (Å²) in [6, 6.07) is 0. The maximum absolute atomic E-state index is 5.40. The normalized spacial score (nSPS) is 42.1. The third kappa shape index (κ3) is 2.37. The summed E-state index contributed by atoms with van der Waals surface area (Å²) in [6.07, 6.45) is 7.81. The predicted octanol–water partition coefficient (Wildman–Crippen LogP) is 1.46. The Morgan fingerprint density at radius 1 is 0.895 bits per heavy atom. The molecule has 0 aromatic rings. The molecule has 3 heteroatoms. The monoisotopic (exact) mass is 262 g/mol. The van der Waals surface area contributed by atoms with E-state index in [9.17, 15) is 0 Å². The molecule has 2 heterocycles. The zero-order chi connectivity index (χ0) is 12.7. The van der Waals surface area contributed by atoms with Crippen LogP contribution >= 0.6 is 0 Å². The van der Waals surface area contributed by atoms with Crippen LogP contribution in [-0.4, -0.2) is 62.3 Å². The molecule has 4 atom stereocenters. The van der Waals surface area contributed by atoms with Crippen molar-refractivity contribution in [1.82, 2.24) is 9.80 Å². The Kier molecular flexibility index (Phi) is 3.38. The highest BCUT2D eigenvalue weighted by atomic mass is 16.5. The Morgan fingerprint density at radius 3 is 2.21 bits per heavy atom. The van der Waals surface area contributed by atoms with Crippen molar-refractivity contribution in [3.63, 3.8) is 0 Å². The zero-order valence-electron chi connectivity index (χ0n) is 11.8. The minimum atomic E-state index is 0.930. The molecule has 0 unspecified atom stereocenters. The van der Waals surface area contributed by atoms with Crippen molar-refractivity contribution >= 4 is 0 Å². The van der Waals surface area contributed by atoms with Crippen molar-refractivity contribution in [1.29, 1.82) is 0 Å². The number of morpholine rings is 1. The molecular weight excluding hydrogens is 236 g/mol. The lowest BCUT2D eigenvalue weighted by Crippen LogP contribution is -2.38. The Morgan fingerprint density at radius 2 is 1.53 bits per heavy atom. The quantitative estimate of drug-likeness (QED) is 0.714. The van der Waals surface area contributed by atoms with Crippen molar-refractivity contribution in [3.8, 4) is 0 Å². The molecule has 3 nitrogen and oxygen atoms in total. The van der Waals surface area contributed by atoms with Gasteiger partial charge < -0.3 is 9.64 Å². The van der Waals surface area contributed by atoms with Gasteiger partial charge in [0.2, 0.25) is 0 Å². The molecule has 0 spiro atoms. The van der Waals surface area contributed by atoms with E-state index in [4.69, 9.17) is 4.74 Å². The van der Waals surface area contributed by atoms with Gasteiger partial charge in [-0.05, 0) is 49.6 Å². The summed E-state index contributed by atoms with van der Waals surface area (Å²) >= 11 is 0. The summed E-state index contributed by atoms with van der Waals surface area (Å²) in [5.74, 6) is 3.86. The number of nitrogens with zero attached hydrogens (tertiary/aromatic N) is 2. The van der Waals surface area contributed by atoms with E-state index >= 15 is 0 Å². The minimum Gasteiger partial charge on any atom is -0.379 e. The number of fused-ring (bicyclic) bond motifs is 5. The first-order valence-corrected chi connectivity index (χ1v) is 8.11. The lowest BCUT2D eigenvalue weighted by molar-refractivity contribution is 0.0363. The Balaban J connectivity index is 1.21. The number of rotatable bonds is 4. The van der Waals surface area contributed by atoms with Gasteiger partial charge in [-0.15, -0.1) is 0 Å². The average Bonchev–Trinajstić information content (AvgIpc) is 3.12. The van der Waals surface area contributed by atoms with Crippen LogP contribution in [0.15, 0.2) is 12.2 Å². The van der Waals surface area contributed by atoms with E-state index in [1.807, 2.05) is 0 Å². The first-order valence-electron chi connectivity index (χ1n) is 8.11. The van der Waals surface area contributed by atoms with Gasteiger partial charge in [0.05, 0.1) is 13.2 Å². The van der Waals surface area contributed by atoms with Gasteiger partial charge in [0.25, 0.3) is 0 Å². The fourth-order valence-electron chi connectivity index (χ4n) is 4.76. The predicted molar refractivity (Wildman–Crippen MR) is 76.0 cm³/mol. The third-order valence-corrected chi connectivity index (χ3v) is 5.79. The average molecular weight is 262 g/mol. The van der Waals surface area contributed by atoms with Crippen molar-refractivity contribution in [3.05, 3.63) is 12.2 Å². The van der Waals surface area contributed by atoms with Crippen LogP contribution in [0.2, 0.25) is 0 Å².